The van der Waals surface area contributed by atoms with Gasteiger partial charge in [0.15, 0.2) is 0 Å². The van der Waals surface area contributed by atoms with E-state index in [1.54, 1.807) is 0 Å². The van der Waals surface area contributed by atoms with Crippen molar-refractivity contribution in [2.24, 2.45) is 5.73 Å². The fourth-order valence-corrected chi connectivity index (χ4v) is 1.74. The zero-order chi connectivity index (χ0) is 10.7. The highest BCUT2D eigenvalue weighted by Crippen LogP contribution is 2.39. The van der Waals surface area contributed by atoms with E-state index in [4.69, 9.17) is 10.5 Å². The maximum absolute atomic E-state index is 5.80. The molecule has 0 amide bonds. The van der Waals surface area contributed by atoms with E-state index in [0.717, 1.165) is 25.2 Å². The lowest BCUT2D eigenvalue weighted by atomic mass is 10.1. The average Bonchev–Trinajstić information content (AvgIpc) is 2.97. The number of nitrogens with two attached hydrogens (primary N) is 1. The molecular formula is C13H19NO. The molecule has 1 aliphatic carbocycles. The molecule has 0 saturated heterocycles. The van der Waals surface area contributed by atoms with Crippen LogP contribution in [0.5, 0.6) is 5.75 Å². The Morgan fingerprint density at radius 2 is 2.00 bits per heavy atom. The van der Waals surface area contributed by atoms with Crippen molar-refractivity contribution in [3.05, 3.63) is 29.8 Å². The molecule has 2 atom stereocenters. The predicted octanol–water partition coefficient (Wildman–Crippen LogP) is 2.68. The second-order valence-corrected chi connectivity index (χ2v) is 4.28. The van der Waals surface area contributed by atoms with Crippen LogP contribution in [0.2, 0.25) is 0 Å². The molecule has 0 bridgehead atoms. The first-order valence-electron chi connectivity index (χ1n) is 5.79. The van der Waals surface area contributed by atoms with Gasteiger partial charge in [0, 0.05) is 12.0 Å². The van der Waals surface area contributed by atoms with E-state index in [1.807, 2.05) is 0 Å². The molecule has 15 heavy (non-hydrogen) atoms. The minimum absolute atomic E-state index is 0.386. The molecule has 1 aliphatic rings. The summed E-state index contributed by atoms with van der Waals surface area (Å²) in [6, 6.07) is 8.76. The van der Waals surface area contributed by atoms with Gasteiger partial charge < -0.3 is 10.5 Å². The summed E-state index contributed by atoms with van der Waals surface area (Å²) in [6.07, 6.45) is 3.43. The molecule has 1 aromatic carbocycles. The minimum atomic E-state index is 0.386. The van der Waals surface area contributed by atoms with Crippen LogP contribution >= 0.6 is 0 Å². The summed E-state index contributed by atoms with van der Waals surface area (Å²) < 4.78 is 5.60. The summed E-state index contributed by atoms with van der Waals surface area (Å²) in [5, 5.41) is 0. The summed E-state index contributed by atoms with van der Waals surface area (Å²) in [5.41, 5.74) is 7.16. The molecular weight excluding hydrogens is 186 g/mol. The van der Waals surface area contributed by atoms with Gasteiger partial charge in [-0.05, 0) is 30.5 Å². The zero-order valence-corrected chi connectivity index (χ0v) is 9.28. The van der Waals surface area contributed by atoms with Crippen LogP contribution in [-0.4, -0.2) is 12.6 Å². The highest BCUT2D eigenvalue weighted by atomic mass is 16.5. The van der Waals surface area contributed by atoms with Crippen LogP contribution in [0.25, 0.3) is 0 Å². The van der Waals surface area contributed by atoms with Crippen molar-refractivity contribution in [2.45, 2.75) is 38.1 Å². The first-order valence-corrected chi connectivity index (χ1v) is 5.79. The Balaban J connectivity index is 1.87. The summed E-state index contributed by atoms with van der Waals surface area (Å²) in [5.74, 6) is 1.57. The molecule has 1 unspecified atom stereocenters. The van der Waals surface area contributed by atoms with E-state index >= 15 is 0 Å². The number of ether oxygens (including phenoxy) is 1. The van der Waals surface area contributed by atoms with Crippen molar-refractivity contribution in [1.29, 1.82) is 0 Å². The Labute approximate surface area is 91.4 Å². The number of rotatable bonds is 5. The van der Waals surface area contributed by atoms with Gasteiger partial charge in [-0.1, -0.05) is 25.5 Å². The van der Waals surface area contributed by atoms with E-state index in [2.05, 4.69) is 31.2 Å². The van der Waals surface area contributed by atoms with Gasteiger partial charge in [0.2, 0.25) is 0 Å². The van der Waals surface area contributed by atoms with Gasteiger partial charge in [0.25, 0.3) is 0 Å². The SMILES string of the molecule is CCCCOc1ccc(C2C[C@@H]2N)cc1. The van der Waals surface area contributed by atoms with Crippen LogP contribution in [0.4, 0.5) is 0 Å². The molecule has 0 aliphatic heterocycles. The Morgan fingerprint density at radius 1 is 1.33 bits per heavy atom. The minimum Gasteiger partial charge on any atom is -0.494 e. The topological polar surface area (TPSA) is 35.2 Å². The maximum atomic E-state index is 5.80. The molecule has 82 valence electrons. The van der Waals surface area contributed by atoms with E-state index in [9.17, 15) is 0 Å². The Kier molecular flexibility index (Phi) is 3.27. The molecule has 0 aromatic heterocycles. The normalized spacial score (nSPS) is 23.9. The highest BCUT2D eigenvalue weighted by Gasteiger charge is 2.34. The van der Waals surface area contributed by atoms with Gasteiger partial charge in [-0.3, -0.25) is 0 Å². The third kappa shape index (κ3) is 2.72. The van der Waals surface area contributed by atoms with E-state index in [1.165, 1.54) is 12.0 Å². The van der Waals surface area contributed by atoms with Crippen molar-refractivity contribution in [2.75, 3.05) is 6.61 Å². The molecule has 2 N–H and O–H groups in total. The van der Waals surface area contributed by atoms with Crippen LogP contribution in [0, 0.1) is 0 Å². The first kappa shape index (κ1) is 10.5. The second-order valence-electron chi connectivity index (χ2n) is 4.28. The predicted molar refractivity (Wildman–Crippen MR) is 62.2 cm³/mol. The Morgan fingerprint density at radius 3 is 2.53 bits per heavy atom. The van der Waals surface area contributed by atoms with Gasteiger partial charge in [-0.2, -0.15) is 0 Å². The molecule has 2 rings (SSSR count). The lowest BCUT2D eigenvalue weighted by Gasteiger charge is -2.06. The molecule has 1 aromatic rings. The van der Waals surface area contributed by atoms with Crippen LogP contribution < -0.4 is 10.5 Å². The van der Waals surface area contributed by atoms with Crippen molar-refractivity contribution in [3.63, 3.8) is 0 Å². The summed E-state index contributed by atoms with van der Waals surface area (Å²) in [4.78, 5) is 0. The third-order valence-corrected chi connectivity index (χ3v) is 2.91. The van der Waals surface area contributed by atoms with E-state index < -0.39 is 0 Å². The largest absolute Gasteiger partial charge is 0.494 e. The maximum Gasteiger partial charge on any atom is 0.119 e. The number of unbranched alkanes of at least 4 members (excludes halogenated alkanes) is 1. The average molecular weight is 205 g/mol. The smallest absolute Gasteiger partial charge is 0.119 e. The lowest BCUT2D eigenvalue weighted by Crippen LogP contribution is -2.01. The third-order valence-electron chi connectivity index (χ3n) is 2.91. The van der Waals surface area contributed by atoms with Gasteiger partial charge in [-0.15, -0.1) is 0 Å². The quantitative estimate of drug-likeness (QED) is 0.750. The summed E-state index contributed by atoms with van der Waals surface area (Å²) in [7, 11) is 0. The molecule has 1 saturated carbocycles. The number of benzene rings is 1. The molecule has 0 spiro atoms. The molecule has 0 radical (unpaired) electrons. The van der Waals surface area contributed by atoms with E-state index in [-0.39, 0.29) is 0 Å². The first-order chi connectivity index (χ1) is 7.31. The van der Waals surface area contributed by atoms with Crippen molar-refractivity contribution >= 4 is 0 Å². The van der Waals surface area contributed by atoms with Gasteiger partial charge in [0.1, 0.15) is 5.75 Å². The molecule has 0 heterocycles. The van der Waals surface area contributed by atoms with Crippen molar-refractivity contribution in [1.82, 2.24) is 0 Å². The lowest BCUT2D eigenvalue weighted by molar-refractivity contribution is 0.309. The monoisotopic (exact) mass is 205 g/mol. The summed E-state index contributed by atoms with van der Waals surface area (Å²) >= 11 is 0. The molecule has 1 fully saturated rings. The van der Waals surface area contributed by atoms with Gasteiger partial charge in [-0.25, -0.2) is 0 Å². The molecule has 2 nitrogen and oxygen atoms in total. The van der Waals surface area contributed by atoms with Crippen molar-refractivity contribution in [3.8, 4) is 5.75 Å². The standard InChI is InChI=1S/C13H19NO/c1-2-3-8-15-11-6-4-10(5-7-11)12-9-13(12)14/h4-7,12-13H,2-3,8-9,14H2,1H3/t12?,13-/m0/s1. The van der Waals surface area contributed by atoms with Crippen LogP contribution in [0.3, 0.4) is 0 Å². The van der Waals surface area contributed by atoms with Gasteiger partial charge in [0.05, 0.1) is 6.61 Å². The van der Waals surface area contributed by atoms with Crippen LogP contribution in [-0.2, 0) is 0 Å². The van der Waals surface area contributed by atoms with E-state index in [0.29, 0.717) is 12.0 Å². The van der Waals surface area contributed by atoms with Crippen LogP contribution in [0.1, 0.15) is 37.7 Å². The fraction of sp³-hybridized carbons (Fsp3) is 0.538. The fourth-order valence-electron chi connectivity index (χ4n) is 1.74. The zero-order valence-electron chi connectivity index (χ0n) is 9.28. The molecule has 2 heteroatoms. The Hall–Kier alpha value is -1.02. The van der Waals surface area contributed by atoms with Crippen LogP contribution in [0.15, 0.2) is 24.3 Å². The highest BCUT2D eigenvalue weighted by molar-refractivity contribution is 5.33. The summed E-state index contributed by atoms with van der Waals surface area (Å²) in [6.45, 7) is 2.99. The number of hydrogen-bond donors (Lipinski definition) is 1. The second kappa shape index (κ2) is 4.67. The Bertz CT molecular complexity index is 307. The van der Waals surface area contributed by atoms with Gasteiger partial charge >= 0.3 is 0 Å². The number of hydrogen-bond acceptors (Lipinski definition) is 2. The van der Waals surface area contributed by atoms with Crippen molar-refractivity contribution < 1.29 is 4.74 Å².